The molecule has 14 nitrogen and oxygen atoms in total. The Bertz CT molecular complexity index is 1420. The fourth-order valence-corrected chi connectivity index (χ4v) is 5.62. The van der Waals surface area contributed by atoms with Gasteiger partial charge in [0.05, 0.1) is 12.3 Å². The Kier molecular flexibility index (Phi) is 9.05. The number of rotatable bonds is 12. The van der Waals surface area contributed by atoms with Crippen LogP contribution in [-0.2, 0) is 23.4 Å². The predicted octanol–water partition coefficient (Wildman–Crippen LogP) is 1.89. The van der Waals surface area contributed by atoms with Crippen LogP contribution in [0.4, 0.5) is 5.82 Å². The normalized spacial score (nSPS) is 24.7. The average molecular weight is 575 g/mol. The lowest BCUT2D eigenvalue weighted by Gasteiger charge is -2.28. The van der Waals surface area contributed by atoms with Gasteiger partial charge in [-0.25, -0.2) is 14.1 Å². The van der Waals surface area contributed by atoms with Crippen molar-refractivity contribution >= 4 is 25.1 Å². The summed E-state index contributed by atoms with van der Waals surface area (Å²) in [6, 6.07) is 11.9. The Labute approximate surface area is 230 Å². The Hall–Kier alpha value is -3.57. The van der Waals surface area contributed by atoms with Crippen molar-refractivity contribution in [3.63, 3.8) is 0 Å². The highest BCUT2D eigenvalue weighted by Crippen LogP contribution is 2.48. The van der Waals surface area contributed by atoms with E-state index in [9.17, 15) is 24.8 Å². The van der Waals surface area contributed by atoms with Gasteiger partial charge in [-0.05, 0) is 37.6 Å². The molecule has 5 N–H and O–H groups in total. The van der Waals surface area contributed by atoms with Gasteiger partial charge in [-0.2, -0.15) is 15.4 Å². The zero-order valence-electron chi connectivity index (χ0n) is 21.9. The molecule has 1 aliphatic rings. The molecular formula is C25H31N6O8P. The molecule has 0 spiro atoms. The Balaban J connectivity index is 1.56. The van der Waals surface area contributed by atoms with Crippen LogP contribution in [0.3, 0.4) is 0 Å². The minimum Gasteiger partial charge on any atom is -0.465 e. The highest BCUT2D eigenvalue weighted by molar-refractivity contribution is 7.52. The van der Waals surface area contributed by atoms with Gasteiger partial charge >= 0.3 is 13.7 Å². The van der Waals surface area contributed by atoms with Crippen LogP contribution in [0.15, 0.2) is 48.8 Å². The standard InChI is InChI=1S/C25H31N6O8P/c1-3-4-12-36-24(34)16(2)30-40(35,39-17-8-6-5-7-9-17)37-14-25(13-26)22(33)20(32)21(38-25)18-10-11-19-23(27)28-15-29-31(18)19/h5-11,15-16,20-22,32-33H,3-4,12,14H2,1-2H3,(H,30,35)(H2,27,28,29)/t16-,20-,21-,22-,25+,40?/m0/s1. The minimum absolute atomic E-state index is 0.151. The number of hydrogen-bond acceptors (Lipinski definition) is 12. The summed E-state index contributed by atoms with van der Waals surface area (Å²) in [6.07, 6.45) is -1.92. The van der Waals surface area contributed by atoms with Crippen LogP contribution in [0.1, 0.15) is 38.5 Å². The first kappa shape index (κ1) is 29.4. The number of aliphatic hydroxyl groups excluding tert-OH is 2. The summed E-state index contributed by atoms with van der Waals surface area (Å²) in [7, 11) is -4.39. The molecule has 0 amide bonds. The van der Waals surface area contributed by atoms with Crippen molar-refractivity contribution in [3.8, 4) is 11.8 Å². The molecule has 0 radical (unpaired) electrons. The average Bonchev–Trinajstić information content (AvgIpc) is 3.48. The van der Waals surface area contributed by atoms with Crippen molar-refractivity contribution in [1.29, 1.82) is 5.26 Å². The SMILES string of the molecule is CCCCOC(=O)[C@H](C)NP(=O)(OC[C@@]1(C#N)O[C@@H](c2ccc3c(N)ncnn23)[C@H](O)[C@@H]1O)Oc1ccccc1. The molecule has 214 valence electrons. The number of carbonyl (C=O) groups is 1. The molecule has 0 bridgehead atoms. The number of benzene rings is 1. The number of nitrogen functional groups attached to an aromatic ring is 1. The molecule has 40 heavy (non-hydrogen) atoms. The van der Waals surface area contributed by atoms with E-state index in [1.54, 1.807) is 30.3 Å². The van der Waals surface area contributed by atoms with Gasteiger partial charge in [0, 0.05) is 0 Å². The summed E-state index contributed by atoms with van der Waals surface area (Å²) >= 11 is 0. The lowest BCUT2D eigenvalue weighted by molar-refractivity contribution is -0.145. The van der Waals surface area contributed by atoms with Crippen LogP contribution >= 0.6 is 7.75 Å². The summed E-state index contributed by atoms with van der Waals surface area (Å²) < 4.78 is 37.5. The third-order valence-corrected chi connectivity index (χ3v) is 7.93. The molecule has 1 fully saturated rings. The lowest BCUT2D eigenvalue weighted by atomic mass is 9.96. The highest BCUT2D eigenvalue weighted by Gasteiger charge is 2.57. The second kappa shape index (κ2) is 12.3. The van der Waals surface area contributed by atoms with Crippen molar-refractivity contribution in [2.45, 2.75) is 56.6 Å². The van der Waals surface area contributed by atoms with Crippen LogP contribution in [0, 0.1) is 11.3 Å². The summed E-state index contributed by atoms with van der Waals surface area (Å²) in [5.41, 5.74) is 4.43. The zero-order valence-corrected chi connectivity index (χ0v) is 22.8. The van der Waals surface area contributed by atoms with Gasteiger partial charge in [0.2, 0.25) is 5.60 Å². The van der Waals surface area contributed by atoms with Crippen molar-refractivity contribution in [1.82, 2.24) is 19.7 Å². The lowest BCUT2D eigenvalue weighted by Crippen LogP contribution is -2.46. The monoisotopic (exact) mass is 574 g/mol. The third kappa shape index (κ3) is 6.10. The van der Waals surface area contributed by atoms with Crippen LogP contribution < -0.4 is 15.3 Å². The topological polar surface area (TPSA) is 204 Å². The number of hydrogen-bond donors (Lipinski definition) is 4. The highest BCUT2D eigenvalue weighted by atomic mass is 31.2. The molecule has 1 saturated heterocycles. The number of aliphatic hydroxyl groups is 2. The summed E-state index contributed by atoms with van der Waals surface area (Å²) in [6.45, 7) is 2.76. The molecule has 2 aromatic heterocycles. The Morgan fingerprint density at radius 2 is 2.08 bits per heavy atom. The number of carbonyl (C=O) groups excluding carboxylic acids is 1. The maximum atomic E-state index is 13.8. The fraction of sp³-hybridized carbons (Fsp3) is 0.440. The van der Waals surface area contributed by atoms with E-state index in [4.69, 9.17) is 24.3 Å². The molecule has 1 aromatic carbocycles. The second-order valence-electron chi connectivity index (χ2n) is 9.22. The van der Waals surface area contributed by atoms with E-state index in [1.807, 2.05) is 13.0 Å². The number of nitrogens with zero attached hydrogens (tertiary/aromatic N) is 4. The van der Waals surface area contributed by atoms with Crippen LogP contribution in [0.25, 0.3) is 5.52 Å². The zero-order chi connectivity index (χ0) is 28.9. The smallest absolute Gasteiger partial charge is 0.459 e. The van der Waals surface area contributed by atoms with Crippen molar-refractivity contribution < 1.29 is 38.1 Å². The number of nitrogens with two attached hydrogens (primary N) is 1. The fourth-order valence-electron chi connectivity index (χ4n) is 4.10. The third-order valence-electron chi connectivity index (χ3n) is 6.31. The van der Waals surface area contributed by atoms with Gasteiger partial charge in [-0.1, -0.05) is 31.5 Å². The van der Waals surface area contributed by atoms with Gasteiger partial charge in [0.1, 0.15) is 54.6 Å². The molecule has 3 heterocycles. The van der Waals surface area contributed by atoms with Crippen molar-refractivity contribution in [2.24, 2.45) is 0 Å². The van der Waals surface area contributed by atoms with Crippen LogP contribution in [-0.4, -0.2) is 67.8 Å². The summed E-state index contributed by atoms with van der Waals surface area (Å²) in [5.74, 6) is -0.354. The number of para-hydroxylation sites is 1. The number of unbranched alkanes of at least 4 members (excludes halogenated alkanes) is 1. The van der Waals surface area contributed by atoms with Gasteiger partial charge in [0.15, 0.2) is 5.82 Å². The molecular weight excluding hydrogens is 543 g/mol. The quantitative estimate of drug-likeness (QED) is 0.139. The number of ether oxygens (including phenoxy) is 2. The Morgan fingerprint density at radius 1 is 1.32 bits per heavy atom. The van der Waals surface area contributed by atoms with E-state index in [-0.39, 0.29) is 23.9 Å². The molecule has 0 saturated carbocycles. The van der Waals surface area contributed by atoms with Gasteiger partial charge < -0.3 is 29.9 Å². The van der Waals surface area contributed by atoms with Gasteiger partial charge in [-0.15, -0.1) is 0 Å². The number of nitriles is 1. The first-order chi connectivity index (χ1) is 19.1. The molecule has 3 aromatic rings. The van der Waals surface area contributed by atoms with E-state index in [2.05, 4.69) is 15.2 Å². The van der Waals surface area contributed by atoms with E-state index in [0.29, 0.717) is 11.9 Å². The summed E-state index contributed by atoms with van der Waals surface area (Å²) in [5, 5.41) is 38.5. The molecule has 1 unspecified atom stereocenters. The minimum atomic E-state index is -4.39. The molecule has 15 heteroatoms. The van der Waals surface area contributed by atoms with Crippen molar-refractivity contribution in [3.05, 3.63) is 54.5 Å². The predicted molar refractivity (Wildman–Crippen MR) is 141 cm³/mol. The van der Waals surface area contributed by atoms with Gasteiger partial charge in [-0.3, -0.25) is 9.32 Å². The number of nitrogens with one attached hydrogen (secondary N) is 1. The van der Waals surface area contributed by atoms with E-state index in [1.165, 1.54) is 29.9 Å². The second-order valence-corrected chi connectivity index (χ2v) is 10.9. The first-order valence-corrected chi connectivity index (χ1v) is 14.1. The number of aromatic nitrogens is 3. The summed E-state index contributed by atoms with van der Waals surface area (Å²) in [4.78, 5) is 16.3. The maximum Gasteiger partial charge on any atom is 0.459 e. The Morgan fingerprint density at radius 3 is 2.77 bits per heavy atom. The molecule has 1 aliphatic heterocycles. The molecule has 6 atom stereocenters. The largest absolute Gasteiger partial charge is 0.465 e. The number of esters is 1. The van der Waals surface area contributed by atoms with E-state index >= 15 is 0 Å². The first-order valence-electron chi connectivity index (χ1n) is 12.6. The number of fused-ring (bicyclic) bond motifs is 1. The number of anilines is 1. The van der Waals surface area contributed by atoms with E-state index < -0.39 is 50.3 Å². The van der Waals surface area contributed by atoms with Crippen LogP contribution in [0.5, 0.6) is 5.75 Å². The van der Waals surface area contributed by atoms with E-state index in [0.717, 1.165) is 6.42 Å². The molecule has 4 rings (SSSR count). The molecule has 0 aliphatic carbocycles. The van der Waals surface area contributed by atoms with Crippen molar-refractivity contribution in [2.75, 3.05) is 18.9 Å². The maximum absolute atomic E-state index is 13.8. The van der Waals surface area contributed by atoms with Gasteiger partial charge in [0.25, 0.3) is 0 Å². The van der Waals surface area contributed by atoms with Crippen LogP contribution in [0.2, 0.25) is 0 Å².